The summed E-state index contributed by atoms with van der Waals surface area (Å²) in [5.74, 6) is -0.0352. The summed E-state index contributed by atoms with van der Waals surface area (Å²) in [6.45, 7) is 9.41. The molecule has 25 heavy (non-hydrogen) atoms. The van der Waals surface area contributed by atoms with E-state index < -0.39 is 5.60 Å². The van der Waals surface area contributed by atoms with Crippen LogP contribution in [0, 0.1) is 6.92 Å². The summed E-state index contributed by atoms with van der Waals surface area (Å²) in [5.41, 5.74) is 1.78. The number of hydrogen-bond acceptors (Lipinski definition) is 4. The number of fused-ring (bicyclic) bond motifs is 1. The summed E-state index contributed by atoms with van der Waals surface area (Å²) < 4.78 is 7.28. The third kappa shape index (κ3) is 3.92. The van der Waals surface area contributed by atoms with Crippen LogP contribution in [-0.2, 0) is 4.74 Å². The van der Waals surface area contributed by atoms with Crippen LogP contribution < -0.4 is 0 Å². The number of hydrogen-bond donors (Lipinski definition) is 0. The third-order valence-electron chi connectivity index (χ3n) is 4.05. The SMILES string of the molecule is Cc1cn2ccc(C(=O)N3CCN(C(=O)OC(C)(C)C)CC3)cc2n1. The minimum Gasteiger partial charge on any atom is -0.444 e. The number of carbonyl (C=O) groups is 2. The van der Waals surface area contributed by atoms with Crippen molar-refractivity contribution in [2.24, 2.45) is 0 Å². The number of pyridine rings is 1. The van der Waals surface area contributed by atoms with E-state index in [4.69, 9.17) is 4.74 Å². The molecule has 7 heteroatoms. The molecule has 0 radical (unpaired) electrons. The molecular formula is C18H24N4O3. The van der Waals surface area contributed by atoms with Crippen LogP contribution in [0.15, 0.2) is 24.5 Å². The van der Waals surface area contributed by atoms with Gasteiger partial charge in [0, 0.05) is 44.1 Å². The fourth-order valence-corrected chi connectivity index (χ4v) is 2.84. The average molecular weight is 344 g/mol. The van der Waals surface area contributed by atoms with E-state index in [1.54, 1.807) is 21.9 Å². The van der Waals surface area contributed by atoms with Gasteiger partial charge >= 0.3 is 6.09 Å². The molecule has 2 aromatic heterocycles. The summed E-state index contributed by atoms with van der Waals surface area (Å²) in [5, 5.41) is 0. The molecule has 3 rings (SSSR count). The number of amides is 2. The van der Waals surface area contributed by atoms with Crippen molar-refractivity contribution < 1.29 is 14.3 Å². The first kappa shape index (κ1) is 17.3. The predicted molar refractivity (Wildman–Crippen MR) is 93.6 cm³/mol. The molecule has 0 N–H and O–H groups in total. The van der Waals surface area contributed by atoms with Crippen molar-refractivity contribution in [3.8, 4) is 0 Å². The second kappa shape index (κ2) is 6.38. The Morgan fingerprint density at radius 3 is 2.40 bits per heavy atom. The molecule has 2 amide bonds. The molecule has 0 spiro atoms. The normalized spacial score (nSPS) is 15.5. The highest BCUT2D eigenvalue weighted by Crippen LogP contribution is 2.15. The molecule has 0 atom stereocenters. The van der Waals surface area contributed by atoms with Gasteiger partial charge in [-0.05, 0) is 39.8 Å². The molecular weight excluding hydrogens is 320 g/mol. The lowest BCUT2D eigenvalue weighted by atomic mass is 10.2. The number of aromatic nitrogens is 2. The number of carbonyl (C=O) groups excluding carboxylic acids is 2. The van der Waals surface area contributed by atoms with Gasteiger partial charge in [-0.1, -0.05) is 0 Å². The van der Waals surface area contributed by atoms with Crippen LogP contribution in [0.3, 0.4) is 0 Å². The van der Waals surface area contributed by atoms with Gasteiger partial charge in [0.2, 0.25) is 0 Å². The van der Waals surface area contributed by atoms with Gasteiger partial charge in [0.05, 0.1) is 5.69 Å². The molecule has 0 aromatic carbocycles. The fraction of sp³-hybridized carbons (Fsp3) is 0.500. The molecule has 0 unspecified atom stereocenters. The van der Waals surface area contributed by atoms with Crippen molar-refractivity contribution in [2.75, 3.05) is 26.2 Å². The zero-order valence-electron chi connectivity index (χ0n) is 15.2. The van der Waals surface area contributed by atoms with E-state index in [2.05, 4.69) is 4.98 Å². The first-order valence-electron chi connectivity index (χ1n) is 8.45. The summed E-state index contributed by atoms with van der Waals surface area (Å²) in [6, 6.07) is 3.60. The van der Waals surface area contributed by atoms with Crippen LogP contribution in [0.25, 0.3) is 5.65 Å². The molecule has 0 aliphatic carbocycles. The summed E-state index contributed by atoms with van der Waals surface area (Å²) in [6.07, 6.45) is 3.44. The monoisotopic (exact) mass is 344 g/mol. The second-order valence-electron chi connectivity index (χ2n) is 7.32. The maximum atomic E-state index is 12.7. The quantitative estimate of drug-likeness (QED) is 0.796. The Balaban J connectivity index is 1.63. The lowest BCUT2D eigenvalue weighted by molar-refractivity contribution is 0.0141. The van der Waals surface area contributed by atoms with E-state index in [0.29, 0.717) is 31.7 Å². The zero-order chi connectivity index (χ0) is 18.2. The van der Waals surface area contributed by atoms with Crippen molar-refractivity contribution in [1.82, 2.24) is 19.2 Å². The summed E-state index contributed by atoms with van der Waals surface area (Å²) in [4.78, 5) is 32.6. The van der Waals surface area contributed by atoms with Gasteiger partial charge in [0.25, 0.3) is 5.91 Å². The Bertz CT molecular complexity index is 798. The molecule has 2 aromatic rings. The Morgan fingerprint density at radius 1 is 1.12 bits per heavy atom. The number of nitrogens with zero attached hydrogens (tertiary/aromatic N) is 4. The maximum absolute atomic E-state index is 12.7. The van der Waals surface area contributed by atoms with Gasteiger partial charge in [-0.2, -0.15) is 0 Å². The van der Waals surface area contributed by atoms with Crippen LogP contribution >= 0.6 is 0 Å². The number of rotatable bonds is 1. The molecule has 1 fully saturated rings. The van der Waals surface area contributed by atoms with Gasteiger partial charge in [0.1, 0.15) is 11.2 Å². The van der Waals surface area contributed by atoms with Gasteiger partial charge in [-0.3, -0.25) is 4.79 Å². The third-order valence-corrected chi connectivity index (χ3v) is 4.05. The highest BCUT2D eigenvalue weighted by atomic mass is 16.6. The molecule has 3 heterocycles. The Hall–Kier alpha value is -2.57. The van der Waals surface area contributed by atoms with Gasteiger partial charge in [-0.15, -0.1) is 0 Å². The topological polar surface area (TPSA) is 67.2 Å². The first-order valence-corrected chi connectivity index (χ1v) is 8.45. The fourth-order valence-electron chi connectivity index (χ4n) is 2.84. The number of aryl methyl sites for hydroxylation is 1. The van der Waals surface area contributed by atoms with E-state index >= 15 is 0 Å². The largest absolute Gasteiger partial charge is 0.444 e. The minimum absolute atomic E-state index is 0.0352. The Labute approximate surface area is 147 Å². The zero-order valence-corrected chi connectivity index (χ0v) is 15.2. The summed E-state index contributed by atoms with van der Waals surface area (Å²) in [7, 11) is 0. The number of piperazine rings is 1. The summed E-state index contributed by atoms with van der Waals surface area (Å²) >= 11 is 0. The molecule has 1 aliphatic rings. The molecule has 0 bridgehead atoms. The highest BCUT2D eigenvalue weighted by molar-refractivity contribution is 5.95. The highest BCUT2D eigenvalue weighted by Gasteiger charge is 2.28. The van der Waals surface area contributed by atoms with E-state index in [-0.39, 0.29) is 12.0 Å². The van der Waals surface area contributed by atoms with E-state index in [1.165, 1.54) is 0 Å². The second-order valence-corrected chi connectivity index (χ2v) is 7.32. The standard InChI is InChI=1S/C18H24N4O3/c1-13-12-22-6-5-14(11-15(22)19-13)16(23)20-7-9-21(10-8-20)17(24)25-18(2,3)4/h5-6,11-12H,7-10H2,1-4H3. The van der Waals surface area contributed by atoms with Crippen LogP contribution in [0.2, 0.25) is 0 Å². The van der Waals surface area contributed by atoms with Crippen LogP contribution in [-0.4, -0.2) is 63.0 Å². The van der Waals surface area contributed by atoms with Gasteiger partial charge < -0.3 is 18.9 Å². The van der Waals surface area contributed by atoms with Gasteiger partial charge in [0.15, 0.2) is 0 Å². The molecule has 0 saturated carbocycles. The predicted octanol–water partition coefficient (Wildman–Crippen LogP) is 2.34. The van der Waals surface area contributed by atoms with Crippen molar-refractivity contribution in [2.45, 2.75) is 33.3 Å². The van der Waals surface area contributed by atoms with E-state index in [9.17, 15) is 9.59 Å². The van der Waals surface area contributed by atoms with E-state index in [0.717, 1.165) is 11.3 Å². The smallest absolute Gasteiger partial charge is 0.410 e. The van der Waals surface area contributed by atoms with E-state index in [1.807, 2.05) is 44.5 Å². The van der Waals surface area contributed by atoms with Crippen molar-refractivity contribution in [3.63, 3.8) is 0 Å². The molecule has 1 aliphatic heterocycles. The van der Waals surface area contributed by atoms with Crippen molar-refractivity contribution >= 4 is 17.6 Å². The van der Waals surface area contributed by atoms with Crippen molar-refractivity contribution in [3.05, 3.63) is 35.8 Å². The number of ether oxygens (including phenoxy) is 1. The van der Waals surface area contributed by atoms with Gasteiger partial charge in [-0.25, -0.2) is 9.78 Å². The van der Waals surface area contributed by atoms with Crippen LogP contribution in [0.4, 0.5) is 4.79 Å². The van der Waals surface area contributed by atoms with Crippen molar-refractivity contribution in [1.29, 1.82) is 0 Å². The first-order chi connectivity index (χ1) is 11.7. The maximum Gasteiger partial charge on any atom is 0.410 e. The Morgan fingerprint density at radius 2 is 1.76 bits per heavy atom. The number of imidazole rings is 1. The Kier molecular flexibility index (Phi) is 4.41. The van der Waals surface area contributed by atoms with Crippen LogP contribution in [0.5, 0.6) is 0 Å². The molecule has 134 valence electrons. The average Bonchev–Trinajstić information content (AvgIpc) is 2.91. The molecule has 7 nitrogen and oxygen atoms in total. The molecule has 1 saturated heterocycles. The lowest BCUT2D eigenvalue weighted by Crippen LogP contribution is -2.51. The lowest BCUT2D eigenvalue weighted by Gasteiger charge is -2.35. The minimum atomic E-state index is -0.512. The van der Waals surface area contributed by atoms with Crippen LogP contribution in [0.1, 0.15) is 36.8 Å².